The SMILES string of the molecule is C=CC(C(=O)O)C(=O)N(C/C=C/c1ccccc1)C(C)C(Cc1ccc(C(=O)Nc2ccccc2)o1)c1ccc2c(c1)OCO2. The van der Waals surface area contributed by atoms with Crippen LogP contribution >= 0.6 is 0 Å². The van der Waals surface area contributed by atoms with Crippen LogP contribution < -0.4 is 14.8 Å². The van der Waals surface area contributed by atoms with Crippen molar-refractivity contribution in [2.24, 2.45) is 5.92 Å². The Kier molecular flexibility index (Phi) is 9.79. The topological polar surface area (TPSA) is 118 Å². The molecule has 5 rings (SSSR count). The van der Waals surface area contributed by atoms with Gasteiger partial charge in [-0.2, -0.15) is 0 Å². The number of nitrogens with zero attached hydrogens (tertiary/aromatic N) is 1. The third-order valence-corrected chi connectivity index (χ3v) is 7.70. The van der Waals surface area contributed by atoms with Crippen molar-refractivity contribution in [1.82, 2.24) is 4.90 Å². The lowest BCUT2D eigenvalue weighted by molar-refractivity contribution is -0.149. The number of anilines is 1. The van der Waals surface area contributed by atoms with Crippen LogP contribution in [-0.4, -0.2) is 47.2 Å². The Morgan fingerprint density at radius 1 is 0.956 bits per heavy atom. The van der Waals surface area contributed by atoms with E-state index < -0.39 is 29.7 Å². The molecule has 0 bridgehead atoms. The summed E-state index contributed by atoms with van der Waals surface area (Å²) < 4.78 is 17.2. The molecular weight excluding hydrogens is 572 g/mol. The van der Waals surface area contributed by atoms with Gasteiger partial charge in [0.1, 0.15) is 5.76 Å². The lowest BCUT2D eigenvalue weighted by Crippen LogP contribution is -2.46. The zero-order valence-electron chi connectivity index (χ0n) is 24.8. The number of carboxylic acid groups (broad SMARTS) is 1. The summed E-state index contributed by atoms with van der Waals surface area (Å²) in [6.07, 6.45) is 5.17. The molecule has 1 aliphatic rings. The predicted molar refractivity (Wildman–Crippen MR) is 170 cm³/mol. The van der Waals surface area contributed by atoms with E-state index >= 15 is 0 Å². The largest absolute Gasteiger partial charge is 0.480 e. The quantitative estimate of drug-likeness (QED) is 0.133. The van der Waals surface area contributed by atoms with E-state index in [2.05, 4.69) is 11.9 Å². The molecule has 9 nitrogen and oxygen atoms in total. The third-order valence-electron chi connectivity index (χ3n) is 7.70. The average Bonchev–Trinajstić information content (AvgIpc) is 3.72. The van der Waals surface area contributed by atoms with Gasteiger partial charge in [0.15, 0.2) is 23.2 Å². The van der Waals surface area contributed by atoms with Gasteiger partial charge < -0.3 is 29.2 Å². The summed E-state index contributed by atoms with van der Waals surface area (Å²) in [5.74, 6) is -2.22. The molecule has 230 valence electrons. The van der Waals surface area contributed by atoms with Crippen molar-refractivity contribution >= 4 is 29.5 Å². The fourth-order valence-electron chi connectivity index (χ4n) is 5.28. The van der Waals surface area contributed by atoms with Crippen LogP contribution in [-0.2, 0) is 16.0 Å². The normalized spacial score (nSPS) is 14.0. The number of rotatable bonds is 13. The standard InChI is InChI=1S/C36H34N2O7/c1-3-29(36(41)42)35(40)38(20-10-13-25-11-6-4-7-12-25)24(2)30(26-16-18-31-33(21-26)44-23-43-31)22-28-17-19-32(45-28)34(39)37-27-14-8-5-9-15-27/h3-19,21,24,29-30H,1,20,22-23H2,2H3,(H,37,39)(H,41,42)/b13-10+. The van der Waals surface area contributed by atoms with Crippen LogP contribution in [0.5, 0.6) is 11.5 Å². The van der Waals surface area contributed by atoms with Crippen LogP contribution in [0.3, 0.4) is 0 Å². The first-order valence-electron chi connectivity index (χ1n) is 14.6. The van der Waals surface area contributed by atoms with Crippen molar-refractivity contribution < 1.29 is 33.4 Å². The Labute approximate surface area is 261 Å². The molecule has 0 spiro atoms. The number of benzene rings is 3. The zero-order chi connectivity index (χ0) is 31.8. The van der Waals surface area contributed by atoms with Crippen LogP contribution in [0.25, 0.3) is 6.08 Å². The minimum absolute atomic E-state index is 0.103. The van der Waals surface area contributed by atoms with Crippen molar-refractivity contribution in [2.45, 2.75) is 25.3 Å². The average molecular weight is 607 g/mol. The Bertz CT molecular complexity index is 1680. The number of ether oxygens (including phenoxy) is 2. The van der Waals surface area contributed by atoms with E-state index in [1.165, 1.54) is 0 Å². The van der Waals surface area contributed by atoms with E-state index in [9.17, 15) is 19.5 Å². The monoisotopic (exact) mass is 606 g/mol. The highest BCUT2D eigenvalue weighted by atomic mass is 16.7. The second-order valence-corrected chi connectivity index (χ2v) is 10.6. The Morgan fingerprint density at radius 3 is 2.38 bits per heavy atom. The van der Waals surface area contributed by atoms with Crippen LogP contribution in [0.4, 0.5) is 5.69 Å². The van der Waals surface area contributed by atoms with Gasteiger partial charge in [-0.3, -0.25) is 14.4 Å². The van der Waals surface area contributed by atoms with E-state index in [0.717, 1.165) is 17.2 Å². The van der Waals surface area contributed by atoms with E-state index in [4.69, 9.17) is 13.9 Å². The summed E-state index contributed by atoms with van der Waals surface area (Å²) in [6.45, 7) is 5.73. The fraction of sp³-hybridized carbons (Fsp3) is 0.194. The van der Waals surface area contributed by atoms with E-state index in [0.29, 0.717) is 29.4 Å². The first kappa shape index (κ1) is 30.9. The summed E-state index contributed by atoms with van der Waals surface area (Å²) >= 11 is 0. The second kappa shape index (κ2) is 14.3. The highest BCUT2D eigenvalue weighted by molar-refractivity contribution is 6.02. The van der Waals surface area contributed by atoms with Crippen molar-refractivity contribution in [3.63, 3.8) is 0 Å². The number of hydrogen-bond donors (Lipinski definition) is 2. The number of carboxylic acids is 1. The molecule has 2 amide bonds. The van der Waals surface area contributed by atoms with Crippen LogP contribution in [0.1, 0.15) is 40.3 Å². The smallest absolute Gasteiger partial charge is 0.319 e. The molecule has 2 heterocycles. The van der Waals surface area contributed by atoms with Gasteiger partial charge in [0.25, 0.3) is 5.91 Å². The Morgan fingerprint density at radius 2 is 1.67 bits per heavy atom. The van der Waals surface area contributed by atoms with Crippen LogP contribution in [0.2, 0.25) is 0 Å². The lowest BCUT2D eigenvalue weighted by Gasteiger charge is -2.35. The predicted octanol–water partition coefficient (Wildman–Crippen LogP) is 6.40. The molecule has 9 heteroatoms. The maximum absolute atomic E-state index is 13.8. The maximum atomic E-state index is 13.8. The molecule has 3 atom stereocenters. The molecule has 45 heavy (non-hydrogen) atoms. The minimum atomic E-state index is -1.42. The maximum Gasteiger partial charge on any atom is 0.319 e. The summed E-state index contributed by atoms with van der Waals surface area (Å²) in [5, 5.41) is 12.6. The van der Waals surface area contributed by atoms with Crippen molar-refractivity contribution in [2.75, 3.05) is 18.7 Å². The van der Waals surface area contributed by atoms with Crippen LogP contribution in [0.15, 0.2) is 114 Å². The molecule has 3 aromatic carbocycles. The zero-order valence-corrected chi connectivity index (χ0v) is 24.8. The molecule has 1 aliphatic heterocycles. The first-order valence-corrected chi connectivity index (χ1v) is 14.6. The number of nitrogens with one attached hydrogen (secondary N) is 1. The molecule has 0 radical (unpaired) electrons. The summed E-state index contributed by atoms with van der Waals surface area (Å²) in [6, 6.07) is 27.1. The number of carbonyl (C=O) groups excluding carboxylic acids is 2. The number of furan rings is 1. The van der Waals surface area contributed by atoms with E-state index in [1.54, 1.807) is 29.2 Å². The second-order valence-electron chi connectivity index (χ2n) is 10.6. The molecule has 4 aromatic rings. The molecule has 0 fully saturated rings. The van der Waals surface area contributed by atoms with Gasteiger partial charge >= 0.3 is 5.97 Å². The molecule has 2 N–H and O–H groups in total. The van der Waals surface area contributed by atoms with E-state index in [1.807, 2.05) is 85.8 Å². The fourth-order valence-corrected chi connectivity index (χ4v) is 5.28. The van der Waals surface area contributed by atoms with Gasteiger partial charge in [-0.25, -0.2) is 0 Å². The molecule has 1 aromatic heterocycles. The number of para-hydroxylation sites is 1. The number of hydrogen-bond acceptors (Lipinski definition) is 6. The third kappa shape index (κ3) is 7.51. The van der Waals surface area contributed by atoms with Gasteiger partial charge in [-0.1, -0.05) is 72.8 Å². The summed E-state index contributed by atoms with van der Waals surface area (Å²) in [5.41, 5.74) is 2.41. The van der Waals surface area contributed by atoms with Gasteiger partial charge in [-0.05, 0) is 54.4 Å². The number of carbonyl (C=O) groups is 3. The highest BCUT2D eigenvalue weighted by Crippen LogP contribution is 2.38. The summed E-state index contributed by atoms with van der Waals surface area (Å²) in [7, 11) is 0. The molecular formula is C36H34N2O7. The molecule has 3 unspecified atom stereocenters. The first-order chi connectivity index (χ1) is 21.8. The number of fused-ring (bicyclic) bond motifs is 1. The Hall–Kier alpha value is -5.57. The minimum Gasteiger partial charge on any atom is -0.480 e. The highest BCUT2D eigenvalue weighted by Gasteiger charge is 2.35. The van der Waals surface area contributed by atoms with E-state index in [-0.39, 0.29) is 25.0 Å². The van der Waals surface area contributed by atoms with Crippen molar-refractivity contribution in [3.05, 3.63) is 132 Å². The lowest BCUT2D eigenvalue weighted by atomic mass is 9.86. The van der Waals surface area contributed by atoms with Crippen molar-refractivity contribution in [3.8, 4) is 11.5 Å². The molecule has 0 aliphatic carbocycles. The van der Waals surface area contributed by atoms with Crippen LogP contribution in [0, 0.1) is 5.92 Å². The van der Waals surface area contributed by atoms with Gasteiger partial charge in [0, 0.05) is 30.6 Å². The van der Waals surface area contributed by atoms with Crippen molar-refractivity contribution in [1.29, 1.82) is 0 Å². The van der Waals surface area contributed by atoms with Gasteiger partial charge in [-0.15, -0.1) is 6.58 Å². The Balaban J connectivity index is 1.46. The molecule has 0 saturated heterocycles. The van der Waals surface area contributed by atoms with Gasteiger partial charge in [0.2, 0.25) is 12.7 Å². The summed E-state index contributed by atoms with van der Waals surface area (Å²) in [4.78, 5) is 40.2. The number of aliphatic carboxylic acids is 1. The number of amides is 2. The molecule has 0 saturated carbocycles. The van der Waals surface area contributed by atoms with Gasteiger partial charge in [0.05, 0.1) is 0 Å².